The molecule has 0 radical (unpaired) electrons. The lowest BCUT2D eigenvalue weighted by Crippen LogP contribution is -2.41. The smallest absolute Gasteiger partial charge is 0.215 e. The standard InChI is InChI=1S/C15H17N3O/c1-3-15(2,17)10-19-14-8-11(9-16)12-6-4-5-7-13(12)18-14/h4-8H,3,10,17H2,1-2H3. The van der Waals surface area contributed by atoms with Crippen molar-refractivity contribution in [2.45, 2.75) is 25.8 Å². The van der Waals surface area contributed by atoms with Crippen molar-refractivity contribution in [3.63, 3.8) is 0 Å². The van der Waals surface area contributed by atoms with Crippen LogP contribution in [0.3, 0.4) is 0 Å². The first kappa shape index (κ1) is 13.3. The number of nitrogens with two attached hydrogens (primary N) is 1. The Morgan fingerprint density at radius 2 is 2.16 bits per heavy atom. The molecule has 0 saturated heterocycles. The molecule has 0 aliphatic heterocycles. The quantitative estimate of drug-likeness (QED) is 0.911. The van der Waals surface area contributed by atoms with Crippen molar-refractivity contribution in [3.8, 4) is 11.9 Å². The molecule has 0 fully saturated rings. The third-order valence-corrected chi connectivity index (χ3v) is 3.17. The molecule has 1 aromatic carbocycles. The minimum absolute atomic E-state index is 0.375. The van der Waals surface area contributed by atoms with Crippen molar-refractivity contribution in [2.24, 2.45) is 5.73 Å². The van der Waals surface area contributed by atoms with Crippen LogP contribution < -0.4 is 10.5 Å². The van der Waals surface area contributed by atoms with E-state index in [0.29, 0.717) is 18.1 Å². The van der Waals surface area contributed by atoms with Crippen LogP contribution in [0, 0.1) is 11.3 Å². The van der Waals surface area contributed by atoms with E-state index in [-0.39, 0.29) is 5.54 Å². The van der Waals surface area contributed by atoms with Gasteiger partial charge < -0.3 is 10.5 Å². The fourth-order valence-corrected chi connectivity index (χ4v) is 1.66. The second-order valence-corrected chi connectivity index (χ2v) is 4.93. The number of ether oxygens (including phenoxy) is 1. The molecule has 4 nitrogen and oxygen atoms in total. The maximum Gasteiger partial charge on any atom is 0.215 e. The van der Waals surface area contributed by atoms with Crippen molar-refractivity contribution in [3.05, 3.63) is 35.9 Å². The minimum atomic E-state index is -0.389. The van der Waals surface area contributed by atoms with Crippen LogP contribution in [0.1, 0.15) is 25.8 Å². The van der Waals surface area contributed by atoms with E-state index >= 15 is 0 Å². The first-order valence-electron chi connectivity index (χ1n) is 6.27. The maximum absolute atomic E-state index is 9.18. The van der Waals surface area contributed by atoms with Gasteiger partial charge in [-0.05, 0) is 19.4 Å². The SMILES string of the molecule is CCC(C)(N)COc1cc(C#N)c2ccccc2n1. The first-order valence-corrected chi connectivity index (χ1v) is 6.27. The Balaban J connectivity index is 2.33. The summed E-state index contributed by atoms with van der Waals surface area (Å²) in [5.74, 6) is 0.445. The highest BCUT2D eigenvalue weighted by Gasteiger charge is 2.17. The molecule has 0 saturated carbocycles. The second kappa shape index (κ2) is 5.25. The number of pyridine rings is 1. The molecule has 0 bridgehead atoms. The molecule has 0 aliphatic carbocycles. The van der Waals surface area contributed by atoms with Crippen LogP contribution in [-0.2, 0) is 0 Å². The highest BCUT2D eigenvalue weighted by Crippen LogP contribution is 2.22. The molecule has 19 heavy (non-hydrogen) atoms. The number of nitrogens with zero attached hydrogens (tertiary/aromatic N) is 2. The fraction of sp³-hybridized carbons (Fsp3) is 0.333. The number of para-hydroxylation sites is 1. The monoisotopic (exact) mass is 255 g/mol. The zero-order valence-electron chi connectivity index (χ0n) is 11.2. The highest BCUT2D eigenvalue weighted by atomic mass is 16.5. The Bertz CT molecular complexity index is 629. The van der Waals surface area contributed by atoms with E-state index in [1.165, 1.54) is 0 Å². The Labute approximate surface area is 112 Å². The van der Waals surface area contributed by atoms with E-state index in [0.717, 1.165) is 17.3 Å². The predicted octanol–water partition coefficient (Wildman–Crippen LogP) is 2.61. The van der Waals surface area contributed by atoms with Gasteiger partial charge in [-0.1, -0.05) is 25.1 Å². The normalized spacial score (nSPS) is 13.8. The van der Waals surface area contributed by atoms with Crippen molar-refractivity contribution in [1.82, 2.24) is 4.98 Å². The largest absolute Gasteiger partial charge is 0.476 e. The van der Waals surface area contributed by atoms with Crippen LogP contribution in [-0.4, -0.2) is 17.1 Å². The molecule has 1 aromatic heterocycles. The van der Waals surface area contributed by atoms with Gasteiger partial charge in [0.05, 0.1) is 11.1 Å². The molecule has 98 valence electrons. The van der Waals surface area contributed by atoms with Crippen LogP contribution in [0.5, 0.6) is 5.88 Å². The average molecular weight is 255 g/mol. The predicted molar refractivity (Wildman–Crippen MR) is 74.8 cm³/mol. The Hall–Kier alpha value is -2.12. The summed E-state index contributed by atoms with van der Waals surface area (Å²) in [4.78, 5) is 4.39. The van der Waals surface area contributed by atoms with Gasteiger partial charge in [0.25, 0.3) is 0 Å². The molecule has 1 heterocycles. The summed E-state index contributed by atoms with van der Waals surface area (Å²) in [7, 11) is 0. The Morgan fingerprint density at radius 1 is 1.42 bits per heavy atom. The summed E-state index contributed by atoms with van der Waals surface area (Å²) in [5.41, 5.74) is 6.96. The van der Waals surface area contributed by atoms with Crippen LogP contribution >= 0.6 is 0 Å². The van der Waals surface area contributed by atoms with Gasteiger partial charge in [0.2, 0.25) is 5.88 Å². The van der Waals surface area contributed by atoms with Crippen LogP contribution in [0.4, 0.5) is 0 Å². The number of nitriles is 1. The molecular formula is C15H17N3O. The van der Waals surface area contributed by atoms with Crippen molar-refractivity contribution in [1.29, 1.82) is 5.26 Å². The molecule has 1 atom stereocenters. The first-order chi connectivity index (χ1) is 9.05. The molecule has 2 N–H and O–H groups in total. The van der Waals surface area contributed by atoms with Gasteiger partial charge in [0, 0.05) is 17.0 Å². The van der Waals surface area contributed by atoms with Crippen molar-refractivity contribution in [2.75, 3.05) is 6.61 Å². The number of benzene rings is 1. The van der Waals surface area contributed by atoms with E-state index in [9.17, 15) is 5.26 Å². The number of hydrogen-bond acceptors (Lipinski definition) is 4. The number of rotatable bonds is 4. The lowest BCUT2D eigenvalue weighted by atomic mass is 10.0. The topological polar surface area (TPSA) is 71.9 Å². The Kier molecular flexibility index (Phi) is 3.68. The summed E-state index contributed by atoms with van der Waals surface area (Å²) < 4.78 is 5.63. The molecule has 2 aromatic rings. The van der Waals surface area contributed by atoms with Gasteiger partial charge >= 0.3 is 0 Å². The lowest BCUT2D eigenvalue weighted by molar-refractivity contribution is 0.219. The summed E-state index contributed by atoms with van der Waals surface area (Å²) in [5, 5.41) is 10.0. The van der Waals surface area contributed by atoms with Gasteiger partial charge in [0.1, 0.15) is 12.7 Å². The fourth-order valence-electron chi connectivity index (χ4n) is 1.66. The maximum atomic E-state index is 9.18. The van der Waals surface area contributed by atoms with E-state index in [1.54, 1.807) is 6.07 Å². The van der Waals surface area contributed by atoms with Gasteiger partial charge in [-0.15, -0.1) is 0 Å². The van der Waals surface area contributed by atoms with Crippen LogP contribution in [0.2, 0.25) is 0 Å². The van der Waals surface area contributed by atoms with Crippen molar-refractivity contribution < 1.29 is 4.74 Å². The van der Waals surface area contributed by atoms with E-state index in [4.69, 9.17) is 10.5 Å². The molecule has 1 unspecified atom stereocenters. The average Bonchev–Trinajstić information content (AvgIpc) is 2.44. The van der Waals surface area contributed by atoms with Crippen molar-refractivity contribution >= 4 is 10.9 Å². The molecule has 0 spiro atoms. The number of aromatic nitrogens is 1. The Morgan fingerprint density at radius 3 is 2.84 bits per heavy atom. The minimum Gasteiger partial charge on any atom is -0.476 e. The van der Waals surface area contributed by atoms with Crippen LogP contribution in [0.15, 0.2) is 30.3 Å². The zero-order chi connectivity index (χ0) is 13.9. The lowest BCUT2D eigenvalue weighted by Gasteiger charge is -2.22. The van der Waals surface area contributed by atoms with Gasteiger partial charge in [-0.2, -0.15) is 5.26 Å². The molecule has 0 amide bonds. The third kappa shape index (κ3) is 3.01. The van der Waals surface area contributed by atoms with E-state index < -0.39 is 0 Å². The number of hydrogen-bond donors (Lipinski definition) is 1. The molecule has 4 heteroatoms. The summed E-state index contributed by atoms with van der Waals surface area (Å²) in [6.45, 7) is 4.32. The summed E-state index contributed by atoms with van der Waals surface area (Å²) in [6.07, 6.45) is 0.811. The van der Waals surface area contributed by atoms with E-state index in [1.807, 2.05) is 38.1 Å². The van der Waals surface area contributed by atoms with Gasteiger partial charge in [-0.25, -0.2) is 4.98 Å². The molecule has 2 rings (SSSR count). The summed E-state index contributed by atoms with van der Waals surface area (Å²) >= 11 is 0. The third-order valence-electron chi connectivity index (χ3n) is 3.17. The second-order valence-electron chi connectivity index (χ2n) is 4.93. The van der Waals surface area contributed by atoms with Crippen LogP contribution in [0.25, 0.3) is 10.9 Å². The molecular weight excluding hydrogens is 238 g/mol. The highest BCUT2D eigenvalue weighted by molar-refractivity contribution is 5.85. The van der Waals surface area contributed by atoms with Gasteiger partial charge in [-0.3, -0.25) is 0 Å². The van der Waals surface area contributed by atoms with E-state index in [2.05, 4.69) is 11.1 Å². The van der Waals surface area contributed by atoms with Gasteiger partial charge in [0.15, 0.2) is 0 Å². The zero-order valence-corrected chi connectivity index (χ0v) is 11.2. The number of fused-ring (bicyclic) bond motifs is 1. The molecule has 0 aliphatic rings. The summed E-state index contributed by atoms with van der Waals surface area (Å²) in [6, 6.07) is 11.4.